The Morgan fingerprint density at radius 1 is 1.04 bits per heavy atom. The zero-order valence-corrected chi connectivity index (χ0v) is 16.9. The smallest absolute Gasteiger partial charge is 0.344 e. The molecule has 1 amide bonds. The number of hydrogen-bond acceptors (Lipinski definition) is 4. The predicted octanol–water partition coefficient (Wildman–Crippen LogP) is 4.05. The third-order valence-corrected chi connectivity index (χ3v) is 5.03. The van der Waals surface area contributed by atoms with E-state index in [2.05, 4.69) is 5.32 Å². The molecule has 3 rings (SSSR count). The molecule has 0 aliphatic heterocycles. The molecule has 2 aromatic carbocycles. The van der Waals surface area contributed by atoms with E-state index in [-0.39, 0.29) is 12.5 Å². The van der Waals surface area contributed by atoms with Gasteiger partial charge in [0.05, 0.1) is 0 Å². The van der Waals surface area contributed by atoms with Crippen LogP contribution in [0.5, 0.6) is 5.75 Å². The summed E-state index contributed by atoms with van der Waals surface area (Å²) < 4.78 is 10.8. The molecule has 0 bridgehead atoms. The summed E-state index contributed by atoms with van der Waals surface area (Å²) in [5.74, 6) is -0.276. The van der Waals surface area contributed by atoms with Gasteiger partial charge in [-0.25, -0.2) is 4.79 Å². The van der Waals surface area contributed by atoms with Gasteiger partial charge in [0.1, 0.15) is 5.75 Å². The van der Waals surface area contributed by atoms with Crippen molar-refractivity contribution in [3.8, 4) is 5.75 Å². The second-order valence-corrected chi connectivity index (χ2v) is 7.47. The third-order valence-electron chi connectivity index (χ3n) is 5.03. The number of carbonyl (C=O) groups is 2. The summed E-state index contributed by atoms with van der Waals surface area (Å²) in [5.41, 5.74) is 6.47. The van der Waals surface area contributed by atoms with Crippen LogP contribution in [-0.2, 0) is 27.2 Å². The fraction of sp³-hybridized carbons (Fsp3) is 0.391. The van der Waals surface area contributed by atoms with Gasteiger partial charge in [-0.2, -0.15) is 0 Å². The van der Waals surface area contributed by atoms with E-state index < -0.39 is 12.1 Å². The van der Waals surface area contributed by atoms with E-state index in [1.165, 1.54) is 11.1 Å². The molecule has 1 aliphatic carbocycles. The molecule has 0 saturated carbocycles. The molecule has 1 N–H and O–H groups in total. The molecule has 1 atom stereocenters. The van der Waals surface area contributed by atoms with E-state index in [1.54, 1.807) is 6.92 Å². The van der Waals surface area contributed by atoms with Crippen LogP contribution in [0.15, 0.2) is 30.3 Å². The quantitative estimate of drug-likeness (QED) is 0.767. The number of amides is 1. The summed E-state index contributed by atoms with van der Waals surface area (Å²) in [7, 11) is 0. The van der Waals surface area contributed by atoms with Gasteiger partial charge in [0.25, 0.3) is 5.91 Å². The fourth-order valence-electron chi connectivity index (χ4n) is 3.67. The minimum atomic E-state index is -0.906. The van der Waals surface area contributed by atoms with Gasteiger partial charge in [0.15, 0.2) is 12.7 Å². The number of benzene rings is 2. The third kappa shape index (κ3) is 4.71. The van der Waals surface area contributed by atoms with Crippen LogP contribution in [-0.4, -0.2) is 24.6 Å². The molecule has 5 nitrogen and oxygen atoms in total. The first-order chi connectivity index (χ1) is 13.3. The highest BCUT2D eigenvalue weighted by molar-refractivity contribution is 5.96. The first-order valence-corrected chi connectivity index (χ1v) is 9.66. The van der Waals surface area contributed by atoms with Crippen LogP contribution in [0.2, 0.25) is 0 Å². The van der Waals surface area contributed by atoms with Crippen LogP contribution in [0.25, 0.3) is 0 Å². The summed E-state index contributed by atoms with van der Waals surface area (Å²) in [6.07, 6.45) is 2.40. The zero-order valence-electron chi connectivity index (χ0n) is 16.9. The van der Waals surface area contributed by atoms with Crippen LogP contribution in [0, 0.1) is 20.8 Å². The van der Waals surface area contributed by atoms with Gasteiger partial charge in [-0.15, -0.1) is 0 Å². The number of ether oxygens (including phenoxy) is 2. The Balaban J connectivity index is 1.52. The van der Waals surface area contributed by atoms with Gasteiger partial charge in [-0.05, 0) is 81.3 Å². The second kappa shape index (κ2) is 8.46. The summed E-state index contributed by atoms with van der Waals surface area (Å²) in [6, 6.07) is 9.91. The SMILES string of the molecule is Cc1cc(C)c(NC(=O)[C@@H](C)OC(=O)COc2ccc3c(c2)CCC3)c(C)c1. The Bertz CT molecular complexity index is 880. The summed E-state index contributed by atoms with van der Waals surface area (Å²) in [6.45, 7) is 7.23. The summed E-state index contributed by atoms with van der Waals surface area (Å²) in [4.78, 5) is 24.5. The lowest BCUT2D eigenvalue weighted by atomic mass is 10.0. The molecule has 148 valence electrons. The molecular weight excluding hydrogens is 354 g/mol. The van der Waals surface area contributed by atoms with Gasteiger partial charge in [-0.3, -0.25) is 4.79 Å². The first-order valence-electron chi connectivity index (χ1n) is 9.66. The van der Waals surface area contributed by atoms with Crippen molar-refractivity contribution in [1.82, 2.24) is 0 Å². The predicted molar refractivity (Wildman–Crippen MR) is 109 cm³/mol. The van der Waals surface area contributed by atoms with Crippen LogP contribution < -0.4 is 10.1 Å². The van der Waals surface area contributed by atoms with Crippen LogP contribution >= 0.6 is 0 Å². The minimum absolute atomic E-state index is 0.223. The maximum absolute atomic E-state index is 12.4. The molecule has 0 radical (unpaired) electrons. The fourth-order valence-corrected chi connectivity index (χ4v) is 3.67. The summed E-state index contributed by atoms with van der Waals surface area (Å²) in [5, 5.41) is 2.86. The molecular formula is C23H27NO4. The number of carbonyl (C=O) groups excluding carboxylic acids is 2. The van der Waals surface area contributed by atoms with Gasteiger partial charge < -0.3 is 14.8 Å². The van der Waals surface area contributed by atoms with E-state index in [0.717, 1.165) is 41.6 Å². The Morgan fingerprint density at radius 3 is 2.43 bits per heavy atom. The van der Waals surface area contributed by atoms with Crippen molar-refractivity contribution in [3.63, 3.8) is 0 Å². The van der Waals surface area contributed by atoms with Crippen molar-refractivity contribution < 1.29 is 19.1 Å². The van der Waals surface area contributed by atoms with Gasteiger partial charge >= 0.3 is 5.97 Å². The van der Waals surface area contributed by atoms with Crippen LogP contribution in [0.1, 0.15) is 41.2 Å². The molecule has 0 unspecified atom stereocenters. The Hall–Kier alpha value is -2.82. The molecule has 1 aliphatic rings. The van der Waals surface area contributed by atoms with Gasteiger partial charge in [0, 0.05) is 5.69 Å². The average Bonchev–Trinajstić information content (AvgIpc) is 3.10. The van der Waals surface area contributed by atoms with Crippen LogP contribution in [0.3, 0.4) is 0 Å². The normalized spacial score (nSPS) is 13.6. The number of anilines is 1. The molecule has 28 heavy (non-hydrogen) atoms. The number of rotatable bonds is 6. The van der Waals surface area contributed by atoms with Gasteiger partial charge in [-0.1, -0.05) is 23.8 Å². The van der Waals surface area contributed by atoms with E-state index >= 15 is 0 Å². The van der Waals surface area contributed by atoms with Crippen LogP contribution in [0.4, 0.5) is 5.69 Å². The standard InChI is InChI=1S/C23H27NO4/c1-14-10-15(2)22(16(3)11-14)24-23(26)17(4)28-21(25)13-27-20-9-8-18-6-5-7-19(18)12-20/h8-12,17H,5-7,13H2,1-4H3,(H,24,26)/t17-/m1/s1. The maximum Gasteiger partial charge on any atom is 0.344 e. The Kier molecular flexibility index (Phi) is 6.02. The van der Waals surface area contributed by atoms with E-state index in [4.69, 9.17) is 9.47 Å². The molecule has 0 saturated heterocycles. The van der Waals surface area contributed by atoms with Crippen molar-refractivity contribution in [2.45, 2.75) is 53.1 Å². The number of nitrogens with one attached hydrogen (secondary N) is 1. The largest absolute Gasteiger partial charge is 0.482 e. The molecule has 0 spiro atoms. The van der Waals surface area contributed by atoms with E-state index in [0.29, 0.717) is 5.75 Å². The van der Waals surface area contributed by atoms with Crippen molar-refractivity contribution >= 4 is 17.6 Å². The van der Waals surface area contributed by atoms with E-state index in [9.17, 15) is 9.59 Å². The highest BCUT2D eigenvalue weighted by atomic mass is 16.6. The Labute approximate surface area is 166 Å². The average molecular weight is 381 g/mol. The van der Waals surface area contributed by atoms with Crippen molar-refractivity contribution in [2.24, 2.45) is 0 Å². The molecule has 5 heteroatoms. The molecule has 0 fully saturated rings. The summed E-state index contributed by atoms with van der Waals surface area (Å²) >= 11 is 0. The highest BCUT2D eigenvalue weighted by Crippen LogP contribution is 2.26. The topological polar surface area (TPSA) is 64.6 Å². The minimum Gasteiger partial charge on any atom is -0.482 e. The van der Waals surface area contributed by atoms with Crippen molar-refractivity contribution in [2.75, 3.05) is 11.9 Å². The number of hydrogen-bond donors (Lipinski definition) is 1. The lowest BCUT2D eigenvalue weighted by Gasteiger charge is -2.17. The van der Waals surface area contributed by atoms with Crippen molar-refractivity contribution in [3.05, 3.63) is 58.1 Å². The second-order valence-electron chi connectivity index (χ2n) is 7.47. The first kappa shape index (κ1) is 19.9. The van der Waals surface area contributed by atoms with Gasteiger partial charge in [0.2, 0.25) is 0 Å². The number of esters is 1. The van der Waals surface area contributed by atoms with E-state index in [1.807, 2.05) is 51.1 Å². The number of aryl methyl sites for hydroxylation is 5. The monoisotopic (exact) mass is 381 g/mol. The lowest BCUT2D eigenvalue weighted by Crippen LogP contribution is -2.32. The van der Waals surface area contributed by atoms with Crippen molar-refractivity contribution in [1.29, 1.82) is 0 Å². The lowest BCUT2D eigenvalue weighted by molar-refractivity contribution is -0.155. The maximum atomic E-state index is 12.4. The molecule has 0 heterocycles. The zero-order chi connectivity index (χ0) is 20.3. The molecule has 0 aromatic heterocycles. The Morgan fingerprint density at radius 2 is 1.71 bits per heavy atom. The molecule has 2 aromatic rings. The number of fused-ring (bicyclic) bond motifs is 1. The highest BCUT2D eigenvalue weighted by Gasteiger charge is 2.20.